The van der Waals surface area contributed by atoms with Crippen LogP contribution in [-0.2, 0) is 0 Å². The molecule has 0 heterocycles. The SMILES string of the molecule is OC(CNc1cccc(Cl)c1Br)c1ccccc1. The zero-order valence-corrected chi connectivity index (χ0v) is 11.9. The zero-order chi connectivity index (χ0) is 13.0. The molecule has 4 heteroatoms. The van der Waals surface area contributed by atoms with Crippen LogP contribution in [0.25, 0.3) is 0 Å². The highest BCUT2D eigenvalue weighted by atomic mass is 79.9. The molecular weight excluding hydrogens is 314 g/mol. The van der Waals surface area contributed by atoms with E-state index in [1.807, 2.05) is 48.5 Å². The van der Waals surface area contributed by atoms with Crippen molar-refractivity contribution >= 4 is 33.2 Å². The van der Waals surface area contributed by atoms with Gasteiger partial charge in [0.1, 0.15) is 0 Å². The molecule has 0 aromatic heterocycles. The lowest BCUT2D eigenvalue weighted by Crippen LogP contribution is -2.12. The molecule has 2 N–H and O–H groups in total. The van der Waals surface area contributed by atoms with Crippen molar-refractivity contribution in [2.24, 2.45) is 0 Å². The summed E-state index contributed by atoms with van der Waals surface area (Å²) in [5.41, 5.74) is 1.76. The highest BCUT2D eigenvalue weighted by Gasteiger charge is 2.08. The van der Waals surface area contributed by atoms with Gasteiger partial charge in [0, 0.05) is 6.54 Å². The van der Waals surface area contributed by atoms with Crippen LogP contribution in [0.3, 0.4) is 0 Å². The fourth-order valence-corrected chi connectivity index (χ4v) is 2.22. The summed E-state index contributed by atoms with van der Waals surface area (Å²) in [5, 5.41) is 13.8. The van der Waals surface area contributed by atoms with Gasteiger partial charge in [0.15, 0.2) is 0 Å². The van der Waals surface area contributed by atoms with Crippen LogP contribution in [0.4, 0.5) is 5.69 Å². The molecule has 1 atom stereocenters. The number of anilines is 1. The number of hydrogen-bond acceptors (Lipinski definition) is 2. The lowest BCUT2D eigenvalue weighted by atomic mass is 10.1. The third-order valence-corrected chi connectivity index (χ3v) is 4.02. The van der Waals surface area contributed by atoms with E-state index in [0.29, 0.717) is 11.6 Å². The standard InChI is InChI=1S/C14H13BrClNO/c15-14-11(16)7-4-8-12(14)17-9-13(18)10-5-2-1-3-6-10/h1-8,13,17-18H,9H2. The largest absolute Gasteiger partial charge is 0.387 e. The van der Waals surface area contributed by atoms with Gasteiger partial charge in [-0.15, -0.1) is 0 Å². The van der Waals surface area contributed by atoms with E-state index in [-0.39, 0.29) is 0 Å². The van der Waals surface area contributed by atoms with Crippen molar-refractivity contribution in [3.8, 4) is 0 Å². The number of aliphatic hydroxyl groups is 1. The number of halogens is 2. The van der Waals surface area contributed by atoms with Crippen LogP contribution >= 0.6 is 27.5 Å². The molecule has 0 fully saturated rings. The fourth-order valence-electron chi connectivity index (χ4n) is 1.64. The minimum absolute atomic E-state index is 0.433. The second-order valence-electron chi connectivity index (χ2n) is 3.91. The molecule has 2 rings (SSSR count). The summed E-state index contributed by atoms with van der Waals surface area (Å²) in [6.45, 7) is 0.433. The summed E-state index contributed by atoms with van der Waals surface area (Å²) in [5.74, 6) is 0. The van der Waals surface area contributed by atoms with Gasteiger partial charge in [0.2, 0.25) is 0 Å². The van der Waals surface area contributed by atoms with E-state index in [1.165, 1.54) is 0 Å². The average molecular weight is 327 g/mol. The van der Waals surface area contributed by atoms with Crippen molar-refractivity contribution in [1.29, 1.82) is 0 Å². The fraction of sp³-hybridized carbons (Fsp3) is 0.143. The molecule has 0 radical (unpaired) electrons. The smallest absolute Gasteiger partial charge is 0.0962 e. The van der Waals surface area contributed by atoms with Gasteiger partial charge in [0.25, 0.3) is 0 Å². The molecule has 2 aromatic rings. The molecular formula is C14H13BrClNO. The minimum atomic E-state index is -0.544. The first-order chi connectivity index (χ1) is 8.68. The van der Waals surface area contributed by atoms with Crippen molar-refractivity contribution in [3.63, 3.8) is 0 Å². The van der Waals surface area contributed by atoms with Crippen molar-refractivity contribution in [1.82, 2.24) is 0 Å². The summed E-state index contributed by atoms with van der Waals surface area (Å²) < 4.78 is 0.812. The van der Waals surface area contributed by atoms with Gasteiger partial charge < -0.3 is 10.4 Å². The van der Waals surface area contributed by atoms with Crippen molar-refractivity contribution < 1.29 is 5.11 Å². The van der Waals surface area contributed by atoms with Gasteiger partial charge in [-0.1, -0.05) is 48.0 Å². The Labute approximate surface area is 120 Å². The molecule has 0 aliphatic rings. The maximum Gasteiger partial charge on any atom is 0.0962 e. The van der Waals surface area contributed by atoms with E-state index >= 15 is 0 Å². The number of nitrogens with one attached hydrogen (secondary N) is 1. The van der Waals surface area contributed by atoms with Crippen LogP contribution in [0.15, 0.2) is 53.0 Å². The maximum atomic E-state index is 10.0. The molecule has 18 heavy (non-hydrogen) atoms. The summed E-state index contributed by atoms with van der Waals surface area (Å²) in [4.78, 5) is 0. The summed E-state index contributed by atoms with van der Waals surface area (Å²) in [6.07, 6.45) is -0.544. The summed E-state index contributed by atoms with van der Waals surface area (Å²) in [6, 6.07) is 15.1. The molecule has 94 valence electrons. The molecule has 0 aliphatic heterocycles. The molecule has 0 spiro atoms. The Morgan fingerprint density at radius 1 is 1.11 bits per heavy atom. The Morgan fingerprint density at radius 2 is 1.83 bits per heavy atom. The summed E-state index contributed by atoms with van der Waals surface area (Å²) in [7, 11) is 0. The van der Waals surface area contributed by atoms with Gasteiger partial charge >= 0.3 is 0 Å². The van der Waals surface area contributed by atoms with Crippen molar-refractivity contribution in [3.05, 3.63) is 63.6 Å². The van der Waals surface area contributed by atoms with E-state index in [2.05, 4.69) is 21.2 Å². The van der Waals surface area contributed by atoms with E-state index in [9.17, 15) is 5.11 Å². The Kier molecular flexibility index (Phi) is 4.64. The van der Waals surface area contributed by atoms with E-state index in [0.717, 1.165) is 15.7 Å². The van der Waals surface area contributed by atoms with Gasteiger partial charge in [-0.2, -0.15) is 0 Å². The van der Waals surface area contributed by atoms with Crippen molar-refractivity contribution in [2.75, 3.05) is 11.9 Å². The van der Waals surface area contributed by atoms with Crippen LogP contribution < -0.4 is 5.32 Å². The number of hydrogen-bond donors (Lipinski definition) is 2. The molecule has 2 nitrogen and oxygen atoms in total. The highest BCUT2D eigenvalue weighted by molar-refractivity contribution is 9.10. The molecule has 0 aliphatic carbocycles. The second kappa shape index (κ2) is 6.23. The van der Waals surface area contributed by atoms with Gasteiger partial charge in [-0.05, 0) is 33.6 Å². The zero-order valence-electron chi connectivity index (χ0n) is 9.61. The number of benzene rings is 2. The van der Waals surface area contributed by atoms with Crippen LogP contribution in [0.5, 0.6) is 0 Å². The lowest BCUT2D eigenvalue weighted by molar-refractivity contribution is 0.191. The molecule has 0 amide bonds. The predicted molar refractivity (Wildman–Crippen MR) is 79.0 cm³/mol. The Bertz CT molecular complexity index is 518. The molecule has 2 aromatic carbocycles. The molecule has 0 bridgehead atoms. The lowest BCUT2D eigenvalue weighted by Gasteiger charge is -2.14. The summed E-state index contributed by atoms with van der Waals surface area (Å²) >= 11 is 9.41. The van der Waals surface area contributed by atoms with E-state index in [1.54, 1.807) is 0 Å². The van der Waals surface area contributed by atoms with Gasteiger partial charge in [0.05, 0.1) is 21.3 Å². The Hall–Kier alpha value is -1.03. The van der Waals surface area contributed by atoms with Crippen LogP contribution in [0.1, 0.15) is 11.7 Å². The third kappa shape index (κ3) is 3.25. The topological polar surface area (TPSA) is 32.3 Å². The maximum absolute atomic E-state index is 10.0. The number of aliphatic hydroxyl groups excluding tert-OH is 1. The quantitative estimate of drug-likeness (QED) is 0.880. The molecule has 0 saturated heterocycles. The molecule has 1 unspecified atom stereocenters. The second-order valence-corrected chi connectivity index (χ2v) is 5.11. The van der Waals surface area contributed by atoms with Crippen LogP contribution in [0.2, 0.25) is 5.02 Å². The first-order valence-corrected chi connectivity index (χ1v) is 6.76. The third-order valence-electron chi connectivity index (χ3n) is 2.62. The monoisotopic (exact) mass is 325 g/mol. The first kappa shape index (κ1) is 13.4. The van der Waals surface area contributed by atoms with Crippen molar-refractivity contribution in [2.45, 2.75) is 6.10 Å². The Morgan fingerprint density at radius 3 is 2.56 bits per heavy atom. The van der Waals surface area contributed by atoms with Gasteiger partial charge in [-0.25, -0.2) is 0 Å². The van der Waals surface area contributed by atoms with Crippen LogP contribution in [-0.4, -0.2) is 11.7 Å². The normalized spacial score (nSPS) is 12.2. The van der Waals surface area contributed by atoms with E-state index < -0.39 is 6.10 Å². The van der Waals surface area contributed by atoms with Gasteiger partial charge in [-0.3, -0.25) is 0 Å². The van der Waals surface area contributed by atoms with E-state index in [4.69, 9.17) is 11.6 Å². The number of rotatable bonds is 4. The molecule has 0 saturated carbocycles. The highest BCUT2D eigenvalue weighted by Crippen LogP contribution is 2.30. The Balaban J connectivity index is 2.02. The predicted octanol–water partition coefficient (Wildman–Crippen LogP) is 4.25. The average Bonchev–Trinajstić information content (AvgIpc) is 2.41. The minimum Gasteiger partial charge on any atom is -0.387 e. The van der Waals surface area contributed by atoms with Crippen LogP contribution in [0, 0.1) is 0 Å². The first-order valence-electron chi connectivity index (χ1n) is 5.59.